The van der Waals surface area contributed by atoms with E-state index < -0.39 is 12.1 Å². The number of aliphatic hydroxyl groups excluding tert-OH is 1. The number of aliphatic hydroxyl groups is 1. The van der Waals surface area contributed by atoms with Crippen LogP contribution in [0.1, 0.15) is 33.9 Å². The topological polar surface area (TPSA) is 93.8 Å². The molecule has 6 heteroatoms. The van der Waals surface area contributed by atoms with Gasteiger partial charge in [-0.2, -0.15) is 0 Å². The molecule has 4 N–H and O–H groups in total. The maximum absolute atomic E-state index is 12.7. The largest absolute Gasteiger partial charge is 0.490 e. The number of hydrogen-bond acceptors (Lipinski definition) is 5. The molecule has 0 unspecified atom stereocenters. The van der Waals surface area contributed by atoms with Crippen molar-refractivity contribution >= 4 is 11.6 Å². The van der Waals surface area contributed by atoms with E-state index in [1.165, 1.54) is 0 Å². The molecule has 1 heterocycles. The summed E-state index contributed by atoms with van der Waals surface area (Å²) in [6, 6.07) is 10.5. The zero-order valence-electron chi connectivity index (χ0n) is 13.7. The minimum Gasteiger partial charge on any atom is -0.490 e. The van der Waals surface area contributed by atoms with Crippen LogP contribution in [0.4, 0.5) is 5.69 Å². The maximum Gasteiger partial charge on any atom is 0.254 e. The van der Waals surface area contributed by atoms with Crippen LogP contribution in [0.5, 0.6) is 11.5 Å². The molecule has 0 saturated carbocycles. The first kappa shape index (κ1) is 15.8. The van der Waals surface area contributed by atoms with Crippen LogP contribution in [0, 0.1) is 0 Å². The molecule has 25 heavy (non-hydrogen) atoms. The summed E-state index contributed by atoms with van der Waals surface area (Å²) in [7, 11) is 0. The summed E-state index contributed by atoms with van der Waals surface area (Å²) < 4.78 is 11.2. The summed E-state index contributed by atoms with van der Waals surface area (Å²) in [6.45, 7) is 1.09. The maximum atomic E-state index is 12.7. The van der Waals surface area contributed by atoms with E-state index in [2.05, 4.69) is 5.32 Å². The Hall–Kier alpha value is -2.73. The van der Waals surface area contributed by atoms with Gasteiger partial charge in [-0.15, -0.1) is 0 Å². The molecule has 4 rings (SSSR count). The standard InChI is InChI=1S/C19H20N2O4/c20-14-10-17-16(24-6-3-7-25-17)9-13(14)19(23)21-18-12-5-2-1-4-11(12)8-15(18)22/h1-2,4-5,9-10,15,18,22H,3,6-8,20H2,(H,21,23)/t15-,18+/m1/s1. The van der Waals surface area contributed by atoms with Gasteiger partial charge < -0.3 is 25.6 Å². The molecule has 2 aliphatic rings. The molecule has 0 saturated heterocycles. The van der Waals surface area contributed by atoms with Gasteiger partial charge in [0.25, 0.3) is 5.91 Å². The van der Waals surface area contributed by atoms with E-state index in [1.54, 1.807) is 12.1 Å². The lowest BCUT2D eigenvalue weighted by Crippen LogP contribution is -2.34. The van der Waals surface area contributed by atoms with Crippen molar-refractivity contribution in [2.45, 2.75) is 25.0 Å². The molecule has 130 valence electrons. The Balaban J connectivity index is 1.61. The zero-order valence-corrected chi connectivity index (χ0v) is 13.7. The van der Waals surface area contributed by atoms with Gasteiger partial charge in [0.15, 0.2) is 11.5 Å². The number of nitrogen functional groups attached to an aromatic ring is 1. The van der Waals surface area contributed by atoms with Gasteiger partial charge in [0.2, 0.25) is 0 Å². The van der Waals surface area contributed by atoms with Crippen LogP contribution in [0.3, 0.4) is 0 Å². The van der Waals surface area contributed by atoms with Gasteiger partial charge in [0.05, 0.1) is 30.9 Å². The van der Waals surface area contributed by atoms with E-state index in [0.717, 1.165) is 17.5 Å². The van der Waals surface area contributed by atoms with Gasteiger partial charge in [0, 0.05) is 24.6 Å². The van der Waals surface area contributed by atoms with Gasteiger partial charge in [0.1, 0.15) is 0 Å². The van der Waals surface area contributed by atoms with Crippen molar-refractivity contribution < 1.29 is 19.4 Å². The van der Waals surface area contributed by atoms with Gasteiger partial charge in [-0.1, -0.05) is 24.3 Å². The number of rotatable bonds is 2. The van der Waals surface area contributed by atoms with Gasteiger partial charge >= 0.3 is 0 Å². The number of fused-ring (bicyclic) bond motifs is 2. The lowest BCUT2D eigenvalue weighted by Gasteiger charge is -2.19. The molecular weight excluding hydrogens is 320 g/mol. The first-order valence-electron chi connectivity index (χ1n) is 8.39. The minimum atomic E-state index is -0.650. The molecule has 2 atom stereocenters. The lowest BCUT2D eigenvalue weighted by molar-refractivity contribution is 0.0858. The second kappa shape index (κ2) is 6.29. The predicted octanol–water partition coefficient (Wildman–Crippen LogP) is 1.82. The number of ether oxygens (including phenoxy) is 2. The number of carbonyl (C=O) groups excluding carboxylic acids is 1. The third-order valence-electron chi connectivity index (χ3n) is 4.65. The highest BCUT2D eigenvalue weighted by molar-refractivity contribution is 6.00. The summed E-state index contributed by atoms with van der Waals surface area (Å²) in [4.78, 5) is 12.7. The van der Waals surface area contributed by atoms with Crippen LogP contribution < -0.4 is 20.5 Å². The van der Waals surface area contributed by atoms with Crippen LogP contribution in [0.15, 0.2) is 36.4 Å². The van der Waals surface area contributed by atoms with E-state index in [0.29, 0.717) is 42.4 Å². The number of hydrogen-bond donors (Lipinski definition) is 3. The van der Waals surface area contributed by atoms with Crippen molar-refractivity contribution in [2.75, 3.05) is 18.9 Å². The molecule has 0 bridgehead atoms. The second-order valence-corrected chi connectivity index (χ2v) is 6.36. The highest BCUT2D eigenvalue weighted by atomic mass is 16.5. The third kappa shape index (κ3) is 2.89. The number of nitrogens with one attached hydrogen (secondary N) is 1. The Morgan fingerprint density at radius 1 is 1.16 bits per heavy atom. The smallest absolute Gasteiger partial charge is 0.254 e. The van der Waals surface area contributed by atoms with Crippen molar-refractivity contribution in [1.82, 2.24) is 5.32 Å². The normalized spacial score (nSPS) is 21.3. The van der Waals surface area contributed by atoms with E-state index in [9.17, 15) is 9.90 Å². The van der Waals surface area contributed by atoms with Gasteiger partial charge in [-0.25, -0.2) is 0 Å². The van der Waals surface area contributed by atoms with Crippen LogP contribution >= 0.6 is 0 Å². The fourth-order valence-electron chi connectivity index (χ4n) is 3.39. The Labute approximate surface area is 145 Å². The highest BCUT2D eigenvalue weighted by Crippen LogP contribution is 2.35. The van der Waals surface area contributed by atoms with Crippen molar-refractivity contribution in [3.63, 3.8) is 0 Å². The van der Waals surface area contributed by atoms with Crippen molar-refractivity contribution in [2.24, 2.45) is 0 Å². The first-order chi connectivity index (χ1) is 12.1. The number of amides is 1. The predicted molar refractivity (Wildman–Crippen MR) is 92.8 cm³/mol. The third-order valence-corrected chi connectivity index (χ3v) is 4.65. The number of carbonyl (C=O) groups is 1. The Kier molecular flexibility index (Phi) is 3.97. The fourth-order valence-corrected chi connectivity index (χ4v) is 3.39. The highest BCUT2D eigenvalue weighted by Gasteiger charge is 2.32. The van der Waals surface area contributed by atoms with Crippen molar-refractivity contribution in [3.05, 3.63) is 53.1 Å². The number of anilines is 1. The van der Waals surface area contributed by atoms with Crippen LogP contribution in [0.25, 0.3) is 0 Å². The molecule has 2 aromatic carbocycles. The van der Waals surface area contributed by atoms with E-state index in [4.69, 9.17) is 15.2 Å². The minimum absolute atomic E-state index is 0.320. The number of nitrogens with two attached hydrogens (primary N) is 1. The molecule has 6 nitrogen and oxygen atoms in total. The zero-order chi connectivity index (χ0) is 17.4. The van der Waals surface area contributed by atoms with Crippen LogP contribution in [0.2, 0.25) is 0 Å². The Morgan fingerprint density at radius 2 is 1.88 bits per heavy atom. The summed E-state index contributed by atoms with van der Waals surface area (Å²) in [5, 5.41) is 13.2. The quantitative estimate of drug-likeness (QED) is 0.725. The molecule has 1 aliphatic carbocycles. The molecular formula is C19H20N2O4. The average molecular weight is 340 g/mol. The molecule has 0 radical (unpaired) electrons. The van der Waals surface area contributed by atoms with Gasteiger partial charge in [-0.3, -0.25) is 4.79 Å². The van der Waals surface area contributed by atoms with Gasteiger partial charge in [-0.05, 0) is 17.2 Å². The molecule has 0 spiro atoms. The summed E-state index contributed by atoms with van der Waals surface area (Å²) in [5.74, 6) is 0.732. The Bertz CT molecular complexity index is 821. The van der Waals surface area contributed by atoms with E-state index in [-0.39, 0.29) is 5.91 Å². The lowest BCUT2D eigenvalue weighted by atomic mass is 10.1. The summed E-state index contributed by atoms with van der Waals surface area (Å²) >= 11 is 0. The summed E-state index contributed by atoms with van der Waals surface area (Å²) in [6.07, 6.45) is 0.654. The average Bonchev–Trinajstić information content (AvgIpc) is 2.77. The van der Waals surface area contributed by atoms with Crippen LogP contribution in [-0.2, 0) is 6.42 Å². The first-order valence-corrected chi connectivity index (χ1v) is 8.39. The molecule has 0 aromatic heterocycles. The fraction of sp³-hybridized carbons (Fsp3) is 0.316. The monoisotopic (exact) mass is 340 g/mol. The Morgan fingerprint density at radius 3 is 2.68 bits per heavy atom. The molecule has 2 aromatic rings. The second-order valence-electron chi connectivity index (χ2n) is 6.36. The van der Waals surface area contributed by atoms with E-state index >= 15 is 0 Å². The number of benzene rings is 2. The molecule has 0 fully saturated rings. The molecule has 1 aliphatic heterocycles. The summed E-state index contributed by atoms with van der Waals surface area (Å²) in [5.41, 5.74) is 8.67. The molecule has 1 amide bonds. The van der Waals surface area contributed by atoms with Crippen molar-refractivity contribution in [1.29, 1.82) is 0 Å². The van der Waals surface area contributed by atoms with Crippen LogP contribution in [-0.4, -0.2) is 30.3 Å². The SMILES string of the molecule is Nc1cc2c(cc1C(=O)N[C@H]1c3ccccc3C[C@H]1O)OCCCO2. The van der Waals surface area contributed by atoms with E-state index in [1.807, 2.05) is 24.3 Å². The van der Waals surface area contributed by atoms with Crippen molar-refractivity contribution in [3.8, 4) is 11.5 Å².